The number of hydrogen-bond donors (Lipinski definition) is 2. The summed E-state index contributed by atoms with van der Waals surface area (Å²) >= 11 is 0. The molecule has 2 N–H and O–H groups in total. The molecule has 1 heterocycles. The fourth-order valence-electron chi connectivity index (χ4n) is 1.53. The van der Waals surface area contributed by atoms with Crippen molar-refractivity contribution < 1.29 is 9.90 Å². The van der Waals surface area contributed by atoms with Crippen LogP contribution in [0, 0.1) is 11.3 Å². The normalized spacial score (nSPS) is 9.63. The lowest BCUT2D eigenvalue weighted by Crippen LogP contribution is -2.03. The van der Waals surface area contributed by atoms with E-state index in [1.807, 2.05) is 12.1 Å². The van der Waals surface area contributed by atoms with Gasteiger partial charge in [0.15, 0.2) is 0 Å². The smallest absolute Gasteiger partial charge is 0.354 e. The quantitative estimate of drug-likeness (QED) is 0.872. The third-order valence-corrected chi connectivity index (χ3v) is 2.56. The minimum Gasteiger partial charge on any atom is -0.477 e. The van der Waals surface area contributed by atoms with Gasteiger partial charge in [-0.25, -0.2) is 9.78 Å². The number of rotatable bonds is 4. The van der Waals surface area contributed by atoms with Crippen molar-refractivity contribution in [2.75, 3.05) is 5.32 Å². The molecule has 0 saturated carbocycles. The molecule has 0 bridgehead atoms. The summed E-state index contributed by atoms with van der Waals surface area (Å²) in [4.78, 5) is 14.5. The van der Waals surface area contributed by atoms with Crippen LogP contribution in [0.25, 0.3) is 0 Å². The molecule has 1 aromatic carbocycles. The van der Waals surface area contributed by atoms with Crippen LogP contribution in [0.1, 0.15) is 21.6 Å². The van der Waals surface area contributed by atoms with Crippen molar-refractivity contribution in [1.29, 1.82) is 5.26 Å². The van der Waals surface area contributed by atoms with Crippen LogP contribution in [0.5, 0.6) is 0 Å². The zero-order chi connectivity index (χ0) is 13.7. The number of aromatic nitrogens is 1. The van der Waals surface area contributed by atoms with Crippen LogP contribution >= 0.6 is 0 Å². The number of nitrogens with zero attached hydrogens (tertiary/aromatic N) is 2. The van der Waals surface area contributed by atoms with Crippen LogP contribution < -0.4 is 5.32 Å². The van der Waals surface area contributed by atoms with E-state index in [2.05, 4.69) is 16.4 Å². The number of hydrogen-bond acceptors (Lipinski definition) is 4. The summed E-state index contributed by atoms with van der Waals surface area (Å²) in [6, 6.07) is 12.4. The molecule has 1 aromatic heterocycles. The summed E-state index contributed by atoms with van der Waals surface area (Å²) < 4.78 is 0. The first kappa shape index (κ1) is 12.6. The highest BCUT2D eigenvalue weighted by molar-refractivity contribution is 5.85. The first-order chi connectivity index (χ1) is 9.19. The third kappa shape index (κ3) is 3.30. The van der Waals surface area contributed by atoms with E-state index in [4.69, 9.17) is 10.4 Å². The molecule has 0 amide bonds. The van der Waals surface area contributed by atoms with E-state index >= 15 is 0 Å². The Morgan fingerprint density at radius 2 is 2.00 bits per heavy atom. The zero-order valence-corrected chi connectivity index (χ0v) is 10.00. The molecule has 2 rings (SSSR count). The Morgan fingerprint density at radius 1 is 1.26 bits per heavy atom. The SMILES string of the molecule is N#Cc1ccc(CNc2ccc(C(=O)O)nc2)cc1. The number of benzene rings is 1. The number of pyridine rings is 1. The lowest BCUT2D eigenvalue weighted by atomic mass is 10.1. The number of carboxylic acids is 1. The van der Waals surface area contributed by atoms with Gasteiger partial charge in [-0.2, -0.15) is 5.26 Å². The Morgan fingerprint density at radius 3 is 2.53 bits per heavy atom. The van der Waals surface area contributed by atoms with Gasteiger partial charge in [-0.1, -0.05) is 12.1 Å². The van der Waals surface area contributed by atoms with Crippen molar-refractivity contribution in [3.05, 3.63) is 59.4 Å². The maximum Gasteiger partial charge on any atom is 0.354 e. The first-order valence-electron chi connectivity index (χ1n) is 5.61. The molecule has 94 valence electrons. The monoisotopic (exact) mass is 253 g/mol. The van der Waals surface area contributed by atoms with Crippen molar-refractivity contribution in [2.45, 2.75) is 6.54 Å². The zero-order valence-electron chi connectivity index (χ0n) is 10.00. The molecule has 0 unspecified atom stereocenters. The second-order valence-electron chi connectivity index (χ2n) is 3.90. The number of nitriles is 1. The van der Waals surface area contributed by atoms with E-state index in [-0.39, 0.29) is 5.69 Å². The number of nitrogens with one attached hydrogen (secondary N) is 1. The molecular formula is C14H11N3O2. The molecule has 0 radical (unpaired) electrons. The van der Waals surface area contributed by atoms with E-state index in [0.29, 0.717) is 12.1 Å². The largest absolute Gasteiger partial charge is 0.477 e. The minimum absolute atomic E-state index is 0.0175. The average molecular weight is 253 g/mol. The van der Waals surface area contributed by atoms with E-state index in [0.717, 1.165) is 11.3 Å². The molecule has 0 fully saturated rings. The fourth-order valence-corrected chi connectivity index (χ4v) is 1.53. The molecule has 0 saturated heterocycles. The second-order valence-corrected chi connectivity index (χ2v) is 3.90. The van der Waals surface area contributed by atoms with Gasteiger partial charge in [-0.3, -0.25) is 0 Å². The standard InChI is InChI=1S/C14H11N3O2/c15-7-10-1-3-11(4-2-10)8-16-12-5-6-13(14(18)19)17-9-12/h1-6,9,16H,8H2,(H,18,19). The fraction of sp³-hybridized carbons (Fsp3) is 0.0714. The van der Waals surface area contributed by atoms with Gasteiger partial charge in [0.2, 0.25) is 0 Å². The Hall–Kier alpha value is -2.87. The number of carbonyl (C=O) groups is 1. The molecule has 0 spiro atoms. The van der Waals surface area contributed by atoms with E-state index in [1.54, 1.807) is 18.2 Å². The maximum atomic E-state index is 10.6. The molecule has 0 atom stereocenters. The predicted molar refractivity (Wildman–Crippen MR) is 69.7 cm³/mol. The van der Waals surface area contributed by atoms with Crippen molar-refractivity contribution >= 4 is 11.7 Å². The highest BCUT2D eigenvalue weighted by Crippen LogP contribution is 2.09. The van der Waals surface area contributed by atoms with E-state index < -0.39 is 5.97 Å². The Labute approximate surface area is 110 Å². The van der Waals surface area contributed by atoms with Crippen LogP contribution in [-0.2, 0) is 6.54 Å². The summed E-state index contributed by atoms with van der Waals surface area (Å²) in [7, 11) is 0. The van der Waals surface area contributed by atoms with E-state index in [9.17, 15) is 4.79 Å². The predicted octanol–water partition coefficient (Wildman–Crippen LogP) is 2.26. The molecule has 19 heavy (non-hydrogen) atoms. The molecule has 2 aromatic rings. The van der Waals surface area contributed by atoms with Crippen LogP contribution in [0.2, 0.25) is 0 Å². The summed E-state index contributed by atoms with van der Waals surface area (Å²) in [6.45, 7) is 0.583. The van der Waals surface area contributed by atoms with Gasteiger partial charge in [-0.05, 0) is 29.8 Å². The van der Waals surface area contributed by atoms with Gasteiger partial charge in [0.1, 0.15) is 5.69 Å². The maximum absolute atomic E-state index is 10.6. The topological polar surface area (TPSA) is 86.0 Å². The Kier molecular flexibility index (Phi) is 3.74. The van der Waals surface area contributed by atoms with Crippen LogP contribution in [0.3, 0.4) is 0 Å². The first-order valence-corrected chi connectivity index (χ1v) is 5.61. The third-order valence-electron chi connectivity index (χ3n) is 2.56. The van der Waals surface area contributed by atoms with Gasteiger partial charge < -0.3 is 10.4 Å². The lowest BCUT2D eigenvalue weighted by molar-refractivity contribution is 0.0690. The molecule has 5 heteroatoms. The summed E-state index contributed by atoms with van der Waals surface area (Å²) in [5.74, 6) is -1.04. The lowest BCUT2D eigenvalue weighted by Gasteiger charge is -2.06. The van der Waals surface area contributed by atoms with E-state index in [1.165, 1.54) is 12.3 Å². The number of aromatic carboxylic acids is 1. The number of carboxylic acid groups (broad SMARTS) is 1. The van der Waals surface area contributed by atoms with Crippen molar-refractivity contribution in [1.82, 2.24) is 4.98 Å². The van der Waals surface area contributed by atoms with Crippen LogP contribution in [-0.4, -0.2) is 16.1 Å². The summed E-state index contributed by atoms with van der Waals surface area (Å²) in [6.07, 6.45) is 1.48. The van der Waals surface area contributed by atoms with Gasteiger partial charge in [0, 0.05) is 6.54 Å². The van der Waals surface area contributed by atoms with Gasteiger partial charge in [-0.15, -0.1) is 0 Å². The van der Waals surface area contributed by atoms with Gasteiger partial charge >= 0.3 is 5.97 Å². The Balaban J connectivity index is 1.98. The summed E-state index contributed by atoms with van der Waals surface area (Å²) in [5.41, 5.74) is 2.41. The molecule has 0 aliphatic heterocycles. The molecular weight excluding hydrogens is 242 g/mol. The second kappa shape index (κ2) is 5.65. The van der Waals surface area contributed by atoms with Crippen molar-refractivity contribution in [2.24, 2.45) is 0 Å². The van der Waals surface area contributed by atoms with Crippen LogP contribution in [0.4, 0.5) is 5.69 Å². The summed E-state index contributed by atoms with van der Waals surface area (Å²) in [5, 5.41) is 20.5. The van der Waals surface area contributed by atoms with Crippen LogP contribution in [0.15, 0.2) is 42.6 Å². The highest BCUT2D eigenvalue weighted by Gasteiger charge is 2.03. The Bertz CT molecular complexity index is 613. The highest BCUT2D eigenvalue weighted by atomic mass is 16.4. The molecule has 0 aliphatic rings. The number of anilines is 1. The minimum atomic E-state index is -1.04. The molecule has 0 aliphatic carbocycles. The van der Waals surface area contributed by atoms with Gasteiger partial charge in [0.25, 0.3) is 0 Å². The average Bonchev–Trinajstić information content (AvgIpc) is 2.46. The van der Waals surface area contributed by atoms with Crippen molar-refractivity contribution in [3.63, 3.8) is 0 Å². The molecule has 5 nitrogen and oxygen atoms in total. The van der Waals surface area contributed by atoms with Crippen molar-refractivity contribution in [3.8, 4) is 6.07 Å². The van der Waals surface area contributed by atoms with Gasteiger partial charge in [0.05, 0.1) is 23.5 Å².